The van der Waals surface area contributed by atoms with Gasteiger partial charge in [-0.3, -0.25) is 9.48 Å². The van der Waals surface area contributed by atoms with Crippen LogP contribution in [-0.4, -0.2) is 15.7 Å². The van der Waals surface area contributed by atoms with Crippen LogP contribution in [0.15, 0.2) is 22.7 Å². The number of aryl methyl sites for hydroxylation is 3. The number of aromatic nitrogens is 2. The first-order valence-corrected chi connectivity index (χ1v) is 7.23. The van der Waals surface area contributed by atoms with Crippen molar-refractivity contribution in [1.29, 1.82) is 0 Å². The average molecular weight is 336 g/mol. The molecule has 0 unspecified atom stereocenters. The zero-order valence-corrected chi connectivity index (χ0v) is 13.7. The normalized spacial score (nSPS) is 10.7. The third-order valence-electron chi connectivity index (χ3n) is 3.46. The van der Waals surface area contributed by atoms with Gasteiger partial charge in [-0.15, -0.1) is 0 Å². The average Bonchev–Trinajstić information content (AvgIpc) is 2.60. The van der Waals surface area contributed by atoms with Crippen LogP contribution in [-0.2, 0) is 18.3 Å². The second-order valence-corrected chi connectivity index (χ2v) is 5.87. The molecule has 1 N–H and O–H groups in total. The van der Waals surface area contributed by atoms with Crippen molar-refractivity contribution in [1.82, 2.24) is 9.78 Å². The molecule has 0 saturated heterocycles. The first kappa shape index (κ1) is 14.8. The van der Waals surface area contributed by atoms with E-state index in [4.69, 9.17) is 0 Å². The lowest BCUT2D eigenvalue weighted by Gasteiger charge is -2.09. The number of hydrogen-bond donors (Lipinski definition) is 1. The van der Waals surface area contributed by atoms with E-state index in [1.165, 1.54) is 0 Å². The number of rotatable bonds is 3. The molecule has 0 aliphatic heterocycles. The van der Waals surface area contributed by atoms with Crippen LogP contribution in [0.25, 0.3) is 0 Å². The van der Waals surface area contributed by atoms with Crippen LogP contribution in [0.5, 0.6) is 0 Å². The fourth-order valence-electron chi connectivity index (χ4n) is 2.20. The number of benzene rings is 1. The van der Waals surface area contributed by atoms with Crippen LogP contribution < -0.4 is 5.32 Å². The van der Waals surface area contributed by atoms with E-state index < -0.39 is 0 Å². The van der Waals surface area contributed by atoms with Gasteiger partial charge in [0.25, 0.3) is 0 Å². The van der Waals surface area contributed by atoms with Crippen molar-refractivity contribution < 1.29 is 4.79 Å². The smallest absolute Gasteiger partial charge is 0.228 e. The van der Waals surface area contributed by atoms with E-state index >= 15 is 0 Å². The Kier molecular flexibility index (Phi) is 4.28. The van der Waals surface area contributed by atoms with Crippen LogP contribution >= 0.6 is 15.9 Å². The molecule has 20 heavy (non-hydrogen) atoms. The van der Waals surface area contributed by atoms with Gasteiger partial charge in [0, 0.05) is 28.5 Å². The molecule has 4 nitrogen and oxygen atoms in total. The van der Waals surface area contributed by atoms with E-state index in [0.717, 1.165) is 32.7 Å². The fourth-order valence-corrected chi connectivity index (χ4v) is 2.67. The summed E-state index contributed by atoms with van der Waals surface area (Å²) in [6.07, 6.45) is 0.348. The van der Waals surface area contributed by atoms with Crippen LogP contribution in [0.1, 0.15) is 22.5 Å². The molecule has 1 aromatic carbocycles. The molecule has 106 valence electrons. The number of nitrogens with zero attached hydrogens (tertiary/aromatic N) is 2. The lowest BCUT2D eigenvalue weighted by Crippen LogP contribution is -2.16. The van der Waals surface area contributed by atoms with Gasteiger partial charge in [0.1, 0.15) is 0 Å². The Morgan fingerprint density at radius 3 is 2.60 bits per heavy atom. The van der Waals surface area contributed by atoms with Crippen LogP contribution in [0.3, 0.4) is 0 Å². The second kappa shape index (κ2) is 5.79. The van der Waals surface area contributed by atoms with Gasteiger partial charge in [-0.1, -0.05) is 15.9 Å². The summed E-state index contributed by atoms with van der Waals surface area (Å²) in [6, 6.07) is 5.81. The topological polar surface area (TPSA) is 46.9 Å². The first-order chi connectivity index (χ1) is 9.38. The van der Waals surface area contributed by atoms with Crippen molar-refractivity contribution in [3.63, 3.8) is 0 Å². The molecule has 2 rings (SSSR count). The van der Waals surface area contributed by atoms with E-state index in [1.54, 1.807) is 0 Å². The molecule has 0 aliphatic carbocycles. The lowest BCUT2D eigenvalue weighted by molar-refractivity contribution is -0.115. The zero-order chi connectivity index (χ0) is 14.9. The Morgan fingerprint density at radius 2 is 2.05 bits per heavy atom. The summed E-state index contributed by atoms with van der Waals surface area (Å²) in [5, 5.41) is 7.28. The van der Waals surface area contributed by atoms with Gasteiger partial charge in [-0.05, 0) is 44.5 Å². The maximum Gasteiger partial charge on any atom is 0.228 e. The minimum absolute atomic E-state index is 0.0189. The Hall–Kier alpha value is -1.62. The van der Waals surface area contributed by atoms with Crippen LogP contribution in [0.4, 0.5) is 5.69 Å². The number of halogens is 1. The molecule has 1 heterocycles. The minimum atomic E-state index is -0.0189. The molecule has 0 saturated carbocycles. The quantitative estimate of drug-likeness (QED) is 0.935. The monoisotopic (exact) mass is 335 g/mol. The third kappa shape index (κ3) is 3.10. The van der Waals surface area contributed by atoms with Gasteiger partial charge in [0.15, 0.2) is 0 Å². The number of carbonyl (C=O) groups excluding carboxylic acids is 1. The van der Waals surface area contributed by atoms with Crippen molar-refractivity contribution in [3.05, 3.63) is 45.2 Å². The summed E-state index contributed by atoms with van der Waals surface area (Å²) in [7, 11) is 1.89. The van der Waals surface area contributed by atoms with E-state index in [0.29, 0.717) is 6.42 Å². The highest BCUT2D eigenvalue weighted by Gasteiger charge is 2.14. The Morgan fingerprint density at radius 1 is 1.35 bits per heavy atom. The second-order valence-electron chi connectivity index (χ2n) is 4.96. The SMILES string of the molecule is Cc1cc(Br)ccc1NC(=O)Cc1c(C)nn(C)c1C. The van der Waals surface area contributed by atoms with E-state index in [2.05, 4.69) is 26.3 Å². The fraction of sp³-hybridized carbons (Fsp3) is 0.333. The zero-order valence-electron chi connectivity index (χ0n) is 12.1. The van der Waals surface area contributed by atoms with Crippen molar-refractivity contribution >= 4 is 27.5 Å². The molecule has 5 heteroatoms. The number of anilines is 1. The lowest BCUT2D eigenvalue weighted by atomic mass is 10.1. The van der Waals surface area contributed by atoms with Gasteiger partial charge >= 0.3 is 0 Å². The highest BCUT2D eigenvalue weighted by atomic mass is 79.9. The Labute approximate surface area is 127 Å². The number of carbonyl (C=O) groups is 1. The van der Waals surface area contributed by atoms with Crippen molar-refractivity contribution in [2.24, 2.45) is 7.05 Å². The molecule has 0 spiro atoms. The summed E-state index contributed by atoms with van der Waals surface area (Å²) in [6.45, 7) is 5.88. The standard InChI is InChI=1S/C15H18BrN3O/c1-9-7-12(16)5-6-14(9)17-15(20)8-13-10(2)18-19(4)11(13)3/h5-7H,8H2,1-4H3,(H,17,20). The van der Waals surface area contributed by atoms with Crippen LogP contribution in [0, 0.1) is 20.8 Å². The Bertz CT molecular complexity index is 661. The number of nitrogens with one attached hydrogen (secondary N) is 1. The predicted molar refractivity (Wildman–Crippen MR) is 83.9 cm³/mol. The van der Waals surface area contributed by atoms with Gasteiger partial charge in [-0.25, -0.2) is 0 Å². The highest BCUT2D eigenvalue weighted by Crippen LogP contribution is 2.20. The Balaban J connectivity index is 2.13. The van der Waals surface area contributed by atoms with Gasteiger partial charge in [-0.2, -0.15) is 5.10 Å². The maximum absolute atomic E-state index is 12.2. The van der Waals surface area contributed by atoms with E-state index in [1.807, 2.05) is 50.7 Å². The molecular weight excluding hydrogens is 318 g/mol. The number of hydrogen-bond acceptors (Lipinski definition) is 2. The molecular formula is C15H18BrN3O. The molecule has 1 amide bonds. The largest absolute Gasteiger partial charge is 0.326 e. The molecule has 0 atom stereocenters. The molecule has 0 fully saturated rings. The van der Waals surface area contributed by atoms with Crippen molar-refractivity contribution in [3.8, 4) is 0 Å². The van der Waals surface area contributed by atoms with Gasteiger partial charge < -0.3 is 5.32 Å². The van der Waals surface area contributed by atoms with Gasteiger partial charge in [0.05, 0.1) is 12.1 Å². The number of amides is 1. The van der Waals surface area contributed by atoms with Crippen LogP contribution in [0.2, 0.25) is 0 Å². The van der Waals surface area contributed by atoms with Crippen molar-refractivity contribution in [2.45, 2.75) is 27.2 Å². The molecule has 1 aromatic heterocycles. The molecule has 0 aliphatic rings. The first-order valence-electron chi connectivity index (χ1n) is 6.43. The van der Waals surface area contributed by atoms with E-state index in [9.17, 15) is 4.79 Å². The summed E-state index contributed by atoms with van der Waals surface area (Å²) < 4.78 is 2.81. The molecule has 0 radical (unpaired) electrons. The van der Waals surface area contributed by atoms with Crippen molar-refractivity contribution in [2.75, 3.05) is 5.32 Å². The minimum Gasteiger partial charge on any atom is -0.326 e. The summed E-state index contributed by atoms with van der Waals surface area (Å²) in [5.74, 6) is -0.0189. The van der Waals surface area contributed by atoms with Gasteiger partial charge in [0.2, 0.25) is 5.91 Å². The molecule has 0 bridgehead atoms. The maximum atomic E-state index is 12.2. The summed E-state index contributed by atoms with van der Waals surface area (Å²) in [4.78, 5) is 12.2. The highest BCUT2D eigenvalue weighted by molar-refractivity contribution is 9.10. The molecule has 2 aromatic rings. The summed E-state index contributed by atoms with van der Waals surface area (Å²) in [5.41, 5.74) is 4.82. The van der Waals surface area contributed by atoms with E-state index in [-0.39, 0.29) is 5.91 Å². The summed E-state index contributed by atoms with van der Waals surface area (Å²) >= 11 is 3.41. The third-order valence-corrected chi connectivity index (χ3v) is 3.95. The predicted octanol–water partition coefficient (Wildman–Crippen LogP) is 3.29.